The van der Waals surface area contributed by atoms with Crippen LogP contribution in [0.5, 0.6) is 5.75 Å². The van der Waals surface area contributed by atoms with Crippen LogP contribution in [0.4, 0.5) is 0 Å². The maximum absolute atomic E-state index is 14.0. The Morgan fingerprint density at radius 2 is 1.20 bits per heavy atom. The highest BCUT2D eigenvalue weighted by Gasteiger charge is 2.30. The van der Waals surface area contributed by atoms with E-state index in [0.29, 0.717) is 45.3 Å². The van der Waals surface area contributed by atoms with Gasteiger partial charge in [0.2, 0.25) is 5.91 Å². The molecule has 0 aliphatic heterocycles. The normalized spacial score (nSPS) is 11.7. The molecule has 1 atom stereocenters. The Bertz CT molecular complexity index is 1330. The van der Waals surface area contributed by atoms with Crippen molar-refractivity contribution in [1.29, 1.82) is 0 Å². The lowest BCUT2D eigenvalue weighted by Crippen LogP contribution is -2.51. The molecule has 0 fully saturated rings. The van der Waals surface area contributed by atoms with E-state index in [0.717, 1.165) is 55.7 Å². The van der Waals surface area contributed by atoms with E-state index in [9.17, 15) is 14.4 Å². The average Bonchev–Trinajstić information content (AvgIpc) is 3.66. The van der Waals surface area contributed by atoms with Gasteiger partial charge in [0.05, 0.1) is 7.11 Å². The molecule has 9 heteroatoms. The molecule has 0 saturated carbocycles. The molecule has 0 radical (unpaired) electrons. The number of aromatic nitrogens is 2. The molecule has 0 saturated heterocycles. The number of aryl methyl sites for hydroxylation is 2. The third-order valence-electron chi connectivity index (χ3n) is 11.8. The summed E-state index contributed by atoms with van der Waals surface area (Å²) in [5, 5.41) is 3.15. The van der Waals surface area contributed by atoms with Crippen molar-refractivity contribution in [2.75, 3.05) is 26.8 Å². The summed E-state index contributed by atoms with van der Waals surface area (Å²) in [7, 11) is 1.65. The van der Waals surface area contributed by atoms with E-state index < -0.39 is 6.04 Å². The number of carbonyl (C=O) groups is 3. The molecule has 0 bridgehead atoms. The van der Waals surface area contributed by atoms with E-state index >= 15 is 0 Å². The number of nitrogens with one attached hydrogen (secondary N) is 1. The molecule has 59 heavy (non-hydrogen) atoms. The van der Waals surface area contributed by atoms with Crippen molar-refractivity contribution in [3.8, 4) is 5.75 Å². The van der Waals surface area contributed by atoms with E-state index in [4.69, 9.17) is 9.47 Å². The molecule has 1 N–H and O–H groups in total. The van der Waals surface area contributed by atoms with Crippen molar-refractivity contribution < 1.29 is 23.9 Å². The number of benzene rings is 1. The molecule has 0 aliphatic rings. The highest BCUT2D eigenvalue weighted by Crippen LogP contribution is 2.18. The summed E-state index contributed by atoms with van der Waals surface area (Å²) in [4.78, 5) is 46.8. The molecule has 0 aliphatic carbocycles. The molecule has 1 aromatic heterocycles. The number of hydrogen-bond acceptors (Lipinski definition) is 6. The molecule has 0 spiro atoms. The number of methoxy groups -OCH3 is 1. The fraction of sp³-hybridized carbons (Fsp3) is 0.760. The van der Waals surface area contributed by atoms with Crippen molar-refractivity contribution in [1.82, 2.24) is 19.8 Å². The first-order valence-corrected chi connectivity index (χ1v) is 24.2. The lowest BCUT2D eigenvalue weighted by molar-refractivity contribution is -0.154. The average molecular weight is 823 g/mol. The molecule has 2 aromatic rings. The Kier molecular flexibility index (Phi) is 31.1. The molecule has 1 unspecified atom stereocenters. The van der Waals surface area contributed by atoms with Crippen molar-refractivity contribution in [3.05, 3.63) is 48.0 Å². The number of nitrogens with zero attached hydrogens (tertiary/aromatic N) is 3. The summed E-state index contributed by atoms with van der Waals surface area (Å²) < 4.78 is 12.9. The highest BCUT2D eigenvalue weighted by atomic mass is 16.5. The minimum absolute atomic E-state index is 0.146. The Balaban J connectivity index is 1.92. The highest BCUT2D eigenvalue weighted by molar-refractivity contribution is 5.88. The van der Waals surface area contributed by atoms with E-state index in [1.165, 1.54) is 122 Å². The van der Waals surface area contributed by atoms with Crippen molar-refractivity contribution in [3.63, 3.8) is 0 Å². The van der Waals surface area contributed by atoms with E-state index in [2.05, 4.69) is 28.7 Å². The zero-order valence-electron chi connectivity index (χ0n) is 38.3. The van der Waals surface area contributed by atoms with Gasteiger partial charge < -0.3 is 24.3 Å². The summed E-state index contributed by atoms with van der Waals surface area (Å²) in [6.45, 7) is 7.68. The lowest BCUT2D eigenvalue weighted by atomic mass is 10.0. The molecule has 1 aromatic carbocycles. The van der Waals surface area contributed by atoms with Gasteiger partial charge in [-0.05, 0) is 50.3 Å². The number of unbranched alkanes of at least 4 members (excludes halogenated alkanes) is 23. The van der Waals surface area contributed by atoms with Crippen LogP contribution in [-0.2, 0) is 32.1 Å². The quantitative estimate of drug-likeness (QED) is 0.0532. The minimum atomic E-state index is -0.634. The van der Waals surface area contributed by atoms with Gasteiger partial charge in [0, 0.05) is 38.4 Å². The zero-order valence-corrected chi connectivity index (χ0v) is 38.3. The first-order valence-electron chi connectivity index (χ1n) is 24.2. The van der Waals surface area contributed by atoms with Crippen molar-refractivity contribution in [2.24, 2.45) is 0 Å². The van der Waals surface area contributed by atoms with Gasteiger partial charge in [-0.15, -0.1) is 0 Å². The molecule has 2 rings (SSSR count). The molecular formula is C50H86N4O5. The van der Waals surface area contributed by atoms with Gasteiger partial charge in [-0.1, -0.05) is 180 Å². The summed E-state index contributed by atoms with van der Waals surface area (Å²) in [6, 6.07) is 7.24. The molecule has 2 amide bonds. The van der Waals surface area contributed by atoms with Gasteiger partial charge in [0.25, 0.3) is 5.91 Å². The second kappa shape index (κ2) is 35.4. The first kappa shape index (κ1) is 51.8. The van der Waals surface area contributed by atoms with Crippen LogP contribution < -0.4 is 10.1 Å². The third kappa shape index (κ3) is 25.8. The number of carbonyl (C=O) groups excluding carboxylic acids is 3. The molecule has 9 nitrogen and oxygen atoms in total. The monoisotopic (exact) mass is 823 g/mol. The summed E-state index contributed by atoms with van der Waals surface area (Å²) in [5.74, 6) is 0.920. The lowest BCUT2D eigenvalue weighted by Gasteiger charge is -2.31. The van der Waals surface area contributed by atoms with Crippen LogP contribution in [0.3, 0.4) is 0 Å². The van der Waals surface area contributed by atoms with Gasteiger partial charge in [-0.2, -0.15) is 0 Å². The van der Waals surface area contributed by atoms with Gasteiger partial charge in [0.15, 0.2) is 6.61 Å². The number of ether oxygens (including phenoxy) is 2. The van der Waals surface area contributed by atoms with Crippen molar-refractivity contribution in [2.45, 2.75) is 220 Å². The fourth-order valence-corrected chi connectivity index (χ4v) is 7.94. The molecular weight excluding hydrogens is 737 g/mol. The first-order chi connectivity index (χ1) is 28.9. The fourth-order valence-electron chi connectivity index (χ4n) is 7.94. The summed E-state index contributed by atoms with van der Waals surface area (Å²) in [5.41, 5.74) is 1.10. The van der Waals surface area contributed by atoms with Gasteiger partial charge in [-0.25, -0.2) is 4.98 Å². The summed E-state index contributed by atoms with van der Waals surface area (Å²) in [6.07, 6.45) is 36.9. The minimum Gasteiger partial charge on any atom is -0.497 e. The number of amides is 2. The zero-order chi connectivity index (χ0) is 42.6. The predicted octanol–water partition coefficient (Wildman–Crippen LogP) is 12.3. The van der Waals surface area contributed by atoms with Gasteiger partial charge >= 0.3 is 5.97 Å². The Morgan fingerprint density at radius 1 is 0.695 bits per heavy atom. The van der Waals surface area contributed by atoms with Crippen LogP contribution in [0.15, 0.2) is 36.7 Å². The summed E-state index contributed by atoms with van der Waals surface area (Å²) >= 11 is 0. The van der Waals surface area contributed by atoms with E-state index in [1.807, 2.05) is 37.4 Å². The van der Waals surface area contributed by atoms with Gasteiger partial charge in [0.1, 0.15) is 17.6 Å². The third-order valence-corrected chi connectivity index (χ3v) is 11.8. The molecule has 336 valence electrons. The Labute approximate surface area is 360 Å². The second-order valence-electron chi connectivity index (χ2n) is 16.8. The van der Waals surface area contributed by atoms with Crippen LogP contribution in [-0.4, -0.2) is 65.1 Å². The van der Waals surface area contributed by atoms with Crippen LogP contribution >= 0.6 is 0 Å². The van der Waals surface area contributed by atoms with Crippen LogP contribution in [0, 0.1) is 6.92 Å². The maximum Gasteiger partial charge on any atom is 0.306 e. The Hall–Kier alpha value is -3.36. The largest absolute Gasteiger partial charge is 0.497 e. The van der Waals surface area contributed by atoms with Crippen LogP contribution in [0.2, 0.25) is 0 Å². The number of imidazole rings is 1. The predicted molar refractivity (Wildman–Crippen MR) is 244 cm³/mol. The Morgan fingerprint density at radius 3 is 1.69 bits per heavy atom. The molecule has 1 heterocycles. The number of esters is 1. The maximum atomic E-state index is 14.0. The topological polar surface area (TPSA) is 103 Å². The van der Waals surface area contributed by atoms with Crippen LogP contribution in [0.1, 0.15) is 205 Å². The smallest absolute Gasteiger partial charge is 0.306 e. The number of rotatable bonds is 39. The second-order valence-corrected chi connectivity index (χ2v) is 16.8. The van der Waals surface area contributed by atoms with E-state index in [-0.39, 0.29) is 24.4 Å². The standard InChI is InChI=1S/C50H86N4O5/c1-5-7-9-11-13-15-17-19-21-23-25-27-29-32-49(56)59-43-48(55)54(41-30-40-53-42-39-51-44(53)3)47(31-28-26-24-22-20-18-16-14-12-10-8-6-2)50(57)52-38-37-45-33-35-46(58-4)36-34-45/h33-36,39,42,47H,5-32,37-38,40-41,43H2,1-4H3,(H,52,57). The SMILES string of the molecule is CCCCCCCCCCCCCCCC(=O)OCC(=O)N(CCCn1ccnc1C)C(CCCCCCCCCCCCCC)C(=O)NCCc1ccc(OC)cc1. The number of hydrogen-bond donors (Lipinski definition) is 1. The van der Waals surface area contributed by atoms with Crippen molar-refractivity contribution >= 4 is 17.8 Å². The van der Waals surface area contributed by atoms with Crippen LogP contribution in [0.25, 0.3) is 0 Å². The van der Waals surface area contributed by atoms with Gasteiger partial charge in [-0.3, -0.25) is 14.4 Å². The van der Waals surface area contributed by atoms with E-state index in [1.54, 1.807) is 18.2 Å².